The van der Waals surface area contributed by atoms with Gasteiger partial charge in [0.15, 0.2) is 9.84 Å². The average Bonchev–Trinajstić information content (AvgIpc) is 3.18. The summed E-state index contributed by atoms with van der Waals surface area (Å²) in [6.07, 6.45) is 0. The zero-order chi connectivity index (χ0) is 19.5. The van der Waals surface area contributed by atoms with Crippen LogP contribution in [0.2, 0.25) is 5.02 Å². The summed E-state index contributed by atoms with van der Waals surface area (Å²) in [7, 11) is -7.73. The molecule has 1 atom stereocenters. The van der Waals surface area contributed by atoms with E-state index in [1.807, 2.05) is 0 Å². The van der Waals surface area contributed by atoms with Crippen molar-refractivity contribution in [1.29, 1.82) is 0 Å². The molecule has 3 aromatic rings. The van der Waals surface area contributed by atoms with Gasteiger partial charge in [-0.05, 0) is 29.1 Å². The van der Waals surface area contributed by atoms with Crippen LogP contribution in [0, 0.1) is 0 Å². The van der Waals surface area contributed by atoms with Crippen molar-refractivity contribution in [2.24, 2.45) is 0 Å². The Hall–Kier alpha value is -1.71. The molecule has 142 valence electrons. The summed E-state index contributed by atoms with van der Waals surface area (Å²) in [6.45, 7) is -0.308. The van der Waals surface area contributed by atoms with Gasteiger partial charge in [0.05, 0.1) is 5.02 Å². The predicted molar refractivity (Wildman–Crippen MR) is 107 cm³/mol. The lowest BCUT2D eigenvalue weighted by molar-refractivity contribution is 0.570. The van der Waals surface area contributed by atoms with E-state index in [4.69, 9.17) is 11.6 Å². The Bertz CT molecular complexity index is 1110. The standard InChI is InChI=1S/C18H16ClNO4S3/c19-15-9-4-5-10-16(15)27(23,24)20-13-17(14-7-2-1-3-8-14)26(21,22)18-11-6-12-25-18/h1-12,17,20H,13H2. The summed E-state index contributed by atoms with van der Waals surface area (Å²) in [5.41, 5.74) is 0.507. The lowest BCUT2D eigenvalue weighted by Gasteiger charge is -2.18. The minimum atomic E-state index is -3.97. The van der Waals surface area contributed by atoms with Gasteiger partial charge in [-0.15, -0.1) is 11.3 Å². The van der Waals surface area contributed by atoms with Crippen molar-refractivity contribution in [2.75, 3.05) is 6.54 Å². The van der Waals surface area contributed by atoms with Crippen molar-refractivity contribution in [2.45, 2.75) is 14.4 Å². The molecule has 1 heterocycles. The average molecular weight is 442 g/mol. The molecule has 1 aromatic heterocycles. The molecule has 1 unspecified atom stereocenters. The van der Waals surface area contributed by atoms with E-state index in [9.17, 15) is 16.8 Å². The van der Waals surface area contributed by atoms with Crippen molar-refractivity contribution in [3.8, 4) is 0 Å². The normalized spacial score (nSPS) is 13.4. The molecule has 5 nitrogen and oxygen atoms in total. The topological polar surface area (TPSA) is 80.3 Å². The van der Waals surface area contributed by atoms with E-state index >= 15 is 0 Å². The third-order valence-electron chi connectivity index (χ3n) is 3.91. The van der Waals surface area contributed by atoms with Gasteiger partial charge in [-0.25, -0.2) is 21.6 Å². The summed E-state index contributed by atoms with van der Waals surface area (Å²) in [5, 5.41) is 0.681. The molecule has 0 aliphatic carbocycles. The molecule has 9 heteroatoms. The predicted octanol–water partition coefficient (Wildman–Crippen LogP) is 3.90. The second kappa shape index (κ2) is 8.12. The van der Waals surface area contributed by atoms with Gasteiger partial charge < -0.3 is 0 Å². The quantitative estimate of drug-likeness (QED) is 0.603. The highest BCUT2D eigenvalue weighted by Gasteiger charge is 2.31. The molecule has 2 aromatic carbocycles. The minimum absolute atomic E-state index is 0.0716. The van der Waals surface area contributed by atoms with E-state index in [-0.39, 0.29) is 20.7 Å². The van der Waals surface area contributed by atoms with Crippen LogP contribution in [0.25, 0.3) is 0 Å². The number of halogens is 1. The second-order valence-electron chi connectivity index (χ2n) is 5.66. The first-order valence-electron chi connectivity index (χ1n) is 7.89. The minimum Gasteiger partial charge on any atom is -0.222 e. The third-order valence-corrected chi connectivity index (χ3v) is 9.36. The molecular formula is C18H16ClNO4S3. The SMILES string of the molecule is O=S(=O)(NCC(c1ccccc1)S(=O)(=O)c1cccs1)c1ccccc1Cl. The zero-order valence-electron chi connectivity index (χ0n) is 13.9. The van der Waals surface area contributed by atoms with E-state index in [0.717, 1.165) is 11.3 Å². The largest absolute Gasteiger partial charge is 0.242 e. The third kappa shape index (κ3) is 4.41. The van der Waals surface area contributed by atoms with E-state index in [2.05, 4.69) is 4.72 Å². The number of rotatable bonds is 7. The van der Waals surface area contributed by atoms with Crippen LogP contribution in [-0.2, 0) is 19.9 Å². The van der Waals surface area contributed by atoms with Gasteiger partial charge in [-0.3, -0.25) is 0 Å². The van der Waals surface area contributed by atoms with Gasteiger partial charge in [-0.1, -0.05) is 60.1 Å². The maximum Gasteiger partial charge on any atom is 0.242 e. The number of benzene rings is 2. The van der Waals surface area contributed by atoms with Gasteiger partial charge >= 0.3 is 0 Å². The fraction of sp³-hybridized carbons (Fsp3) is 0.111. The number of sulfonamides is 1. The number of hydrogen-bond acceptors (Lipinski definition) is 5. The van der Waals surface area contributed by atoms with Crippen LogP contribution in [0.4, 0.5) is 0 Å². The highest BCUT2D eigenvalue weighted by Crippen LogP contribution is 2.31. The van der Waals surface area contributed by atoms with E-state index in [1.54, 1.807) is 53.9 Å². The van der Waals surface area contributed by atoms with Gasteiger partial charge in [0.25, 0.3) is 0 Å². The molecule has 0 aliphatic rings. The molecule has 0 bridgehead atoms. The Morgan fingerprint density at radius 3 is 2.19 bits per heavy atom. The number of hydrogen-bond donors (Lipinski definition) is 1. The second-order valence-corrected chi connectivity index (χ2v) is 11.1. The monoisotopic (exact) mass is 441 g/mol. The number of nitrogens with one attached hydrogen (secondary N) is 1. The van der Waals surface area contributed by atoms with Crippen LogP contribution in [0.5, 0.6) is 0 Å². The summed E-state index contributed by atoms with van der Waals surface area (Å²) in [5.74, 6) is 0. The molecule has 0 radical (unpaired) electrons. The van der Waals surface area contributed by atoms with Crippen LogP contribution in [-0.4, -0.2) is 23.4 Å². The Labute approximate surface area is 167 Å². The highest BCUT2D eigenvalue weighted by atomic mass is 35.5. The van der Waals surface area contributed by atoms with Gasteiger partial charge in [0, 0.05) is 6.54 Å². The van der Waals surface area contributed by atoms with Crippen molar-refractivity contribution in [3.63, 3.8) is 0 Å². The van der Waals surface area contributed by atoms with Crippen molar-refractivity contribution in [3.05, 3.63) is 82.7 Å². The molecule has 0 saturated carbocycles. The van der Waals surface area contributed by atoms with Gasteiger partial charge in [-0.2, -0.15) is 0 Å². The Morgan fingerprint density at radius 1 is 0.889 bits per heavy atom. The number of sulfone groups is 1. The Morgan fingerprint density at radius 2 is 1.56 bits per heavy atom. The first kappa shape index (κ1) is 20.0. The summed E-state index contributed by atoms with van der Waals surface area (Å²) < 4.78 is 53.9. The molecular weight excluding hydrogens is 426 g/mol. The van der Waals surface area contributed by atoms with Crippen LogP contribution in [0.1, 0.15) is 10.8 Å². The molecule has 3 rings (SSSR count). The maximum absolute atomic E-state index is 13.1. The maximum atomic E-state index is 13.1. The fourth-order valence-corrected chi connectivity index (χ4v) is 7.10. The zero-order valence-corrected chi connectivity index (χ0v) is 17.2. The van der Waals surface area contributed by atoms with Crippen molar-refractivity contribution >= 4 is 42.8 Å². The van der Waals surface area contributed by atoms with E-state index < -0.39 is 25.1 Å². The number of thiophene rings is 1. The summed E-state index contributed by atoms with van der Waals surface area (Å²) in [4.78, 5) is -0.0907. The summed E-state index contributed by atoms with van der Waals surface area (Å²) in [6, 6.07) is 17.7. The van der Waals surface area contributed by atoms with Crippen LogP contribution < -0.4 is 4.72 Å². The van der Waals surface area contributed by atoms with Gasteiger partial charge in [0.1, 0.15) is 14.4 Å². The molecule has 0 saturated heterocycles. The first-order valence-corrected chi connectivity index (χ1v) is 12.2. The lowest BCUT2D eigenvalue weighted by atomic mass is 10.1. The molecule has 1 N–H and O–H groups in total. The smallest absolute Gasteiger partial charge is 0.222 e. The van der Waals surface area contributed by atoms with Crippen LogP contribution >= 0.6 is 22.9 Å². The molecule has 0 spiro atoms. The fourth-order valence-electron chi connectivity index (χ4n) is 2.57. The molecule has 0 amide bonds. The summed E-state index contributed by atoms with van der Waals surface area (Å²) >= 11 is 7.08. The van der Waals surface area contributed by atoms with E-state index in [1.165, 1.54) is 18.2 Å². The van der Waals surface area contributed by atoms with Crippen molar-refractivity contribution < 1.29 is 16.8 Å². The molecule has 0 aliphatic heterocycles. The van der Waals surface area contributed by atoms with E-state index in [0.29, 0.717) is 5.56 Å². The Kier molecular flexibility index (Phi) is 6.02. The first-order chi connectivity index (χ1) is 12.8. The van der Waals surface area contributed by atoms with Crippen LogP contribution in [0.3, 0.4) is 0 Å². The van der Waals surface area contributed by atoms with Crippen molar-refractivity contribution in [1.82, 2.24) is 4.72 Å². The lowest BCUT2D eigenvalue weighted by Crippen LogP contribution is -2.32. The van der Waals surface area contributed by atoms with Crippen LogP contribution in [0.15, 0.2) is 81.2 Å². The van der Waals surface area contributed by atoms with Gasteiger partial charge in [0.2, 0.25) is 10.0 Å². The molecule has 27 heavy (non-hydrogen) atoms. The molecule has 0 fully saturated rings. The highest BCUT2D eigenvalue weighted by molar-refractivity contribution is 7.93. The Balaban J connectivity index is 1.95.